The van der Waals surface area contributed by atoms with Gasteiger partial charge in [-0.1, -0.05) is 30.0 Å². The summed E-state index contributed by atoms with van der Waals surface area (Å²) in [7, 11) is 0. The number of benzene rings is 1. The molecule has 0 aromatic heterocycles. The van der Waals surface area contributed by atoms with Gasteiger partial charge in [0.15, 0.2) is 0 Å². The molecule has 142 valence electrons. The summed E-state index contributed by atoms with van der Waals surface area (Å²) < 4.78 is 5.27. The van der Waals surface area contributed by atoms with Crippen LogP contribution in [0.3, 0.4) is 0 Å². The molecule has 2 atom stereocenters. The zero-order valence-electron chi connectivity index (χ0n) is 16.0. The standard InChI is InChI=1S/C21H25N3O3/c1-21(2,3)27-20(26)23-17(12-11-16-8-5-4-6-9-16)14-19(25)24-13-7-10-18(24)15-22/h4-6,8-9,17-18H,7,10,13-14H2,1-3H3,(H,23,26). The van der Waals surface area contributed by atoms with Gasteiger partial charge >= 0.3 is 6.09 Å². The number of carbonyl (C=O) groups is 2. The number of nitriles is 1. The molecule has 1 aromatic rings. The molecule has 1 N–H and O–H groups in total. The highest BCUT2D eigenvalue weighted by atomic mass is 16.6. The molecule has 27 heavy (non-hydrogen) atoms. The van der Waals surface area contributed by atoms with Crippen molar-refractivity contribution in [3.05, 3.63) is 35.9 Å². The largest absolute Gasteiger partial charge is 0.444 e. The average Bonchev–Trinajstić information content (AvgIpc) is 3.07. The maximum atomic E-state index is 12.6. The van der Waals surface area contributed by atoms with Gasteiger partial charge < -0.3 is 15.0 Å². The molecular formula is C21H25N3O3. The molecule has 0 radical (unpaired) electrons. The van der Waals surface area contributed by atoms with E-state index in [1.807, 2.05) is 30.3 Å². The fourth-order valence-corrected chi connectivity index (χ4v) is 2.77. The first kappa shape index (κ1) is 20.3. The molecule has 1 saturated heterocycles. The van der Waals surface area contributed by atoms with Crippen LogP contribution in [0, 0.1) is 23.2 Å². The predicted octanol–water partition coefficient (Wildman–Crippen LogP) is 2.84. The smallest absolute Gasteiger partial charge is 0.408 e. The summed E-state index contributed by atoms with van der Waals surface area (Å²) in [6, 6.07) is 10.4. The van der Waals surface area contributed by atoms with Crippen molar-refractivity contribution in [2.45, 2.75) is 57.7 Å². The molecule has 0 bridgehead atoms. The number of rotatable bonds is 3. The van der Waals surface area contributed by atoms with Crippen LogP contribution in [0.1, 0.15) is 45.6 Å². The van der Waals surface area contributed by atoms with Crippen molar-refractivity contribution in [2.75, 3.05) is 6.54 Å². The number of amides is 2. The molecule has 6 nitrogen and oxygen atoms in total. The maximum Gasteiger partial charge on any atom is 0.408 e. The summed E-state index contributed by atoms with van der Waals surface area (Å²) in [5.41, 5.74) is 0.142. The van der Waals surface area contributed by atoms with Gasteiger partial charge in [-0.15, -0.1) is 0 Å². The molecular weight excluding hydrogens is 342 g/mol. The Balaban J connectivity index is 2.11. The van der Waals surface area contributed by atoms with E-state index in [1.165, 1.54) is 0 Å². The van der Waals surface area contributed by atoms with E-state index in [4.69, 9.17) is 4.74 Å². The molecule has 1 aromatic carbocycles. The Morgan fingerprint density at radius 2 is 2.04 bits per heavy atom. The fraction of sp³-hybridized carbons (Fsp3) is 0.476. The number of hydrogen-bond acceptors (Lipinski definition) is 4. The Bertz CT molecular complexity index is 766. The lowest BCUT2D eigenvalue weighted by molar-refractivity contribution is -0.131. The molecule has 2 rings (SSSR count). The van der Waals surface area contributed by atoms with Crippen LogP contribution in [-0.4, -0.2) is 41.1 Å². The van der Waals surface area contributed by atoms with Crippen LogP contribution in [0.5, 0.6) is 0 Å². The first-order chi connectivity index (χ1) is 12.8. The molecule has 1 fully saturated rings. The van der Waals surface area contributed by atoms with Gasteiger partial charge in [-0.3, -0.25) is 4.79 Å². The van der Waals surface area contributed by atoms with Crippen LogP contribution >= 0.6 is 0 Å². The van der Waals surface area contributed by atoms with E-state index in [9.17, 15) is 14.9 Å². The minimum absolute atomic E-state index is 0.00272. The number of nitrogens with one attached hydrogen (secondary N) is 1. The van der Waals surface area contributed by atoms with Crippen LogP contribution in [-0.2, 0) is 9.53 Å². The summed E-state index contributed by atoms with van der Waals surface area (Å²) >= 11 is 0. The normalized spacial score (nSPS) is 17.3. The molecule has 0 saturated carbocycles. The van der Waals surface area contributed by atoms with Crippen molar-refractivity contribution in [1.82, 2.24) is 10.2 Å². The van der Waals surface area contributed by atoms with Gasteiger partial charge in [0, 0.05) is 12.1 Å². The first-order valence-electron chi connectivity index (χ1n) is 9.03. The molecule has 6 heteroatoms. The lowest BCUT2D eigenvalue weighted by Crippen LogP contribution is -2.43. The van der Waals surface area contributed by atoms with Crippen LogP contribution in [0.2, 0.25) is 0 Å². The second-order valence-corrected chi connectivity index (χ2v) is 7.41. The van der Waals surface area contributed by atoms with Gasteiger partial charge in [0.2, 0.25) is 5.91 Å². The van der Waals surface area contributed by atoms with Gasteiger partial charge in [0.25, 0.3) is 0 Å². The van der Waals surface area contributed by atoms with Gasteiger partial charge in [0.05, 0.1) is 12.5 Å². The minimum Gasteiger partial charge on any atom is -0.444 e. The summed E-state index contributed by atoms with van der Waals surface area (Å²) in [5.74, 6) is 5.73. The van der Waals surface area contributed by atoms with Gasteiger partial charge in [-0.25, -0.2) is 4.79 Å². The molecule has 0 aliphatic carbocycles. The van der Waals surface area contributed by atoms with E-state index in [1.54, 1.807) is 25.7 Å². The van der Waals surface area contributed by atoms with Crippen LogP contribution < -0.4 is 5.32 Å². The zero-order chi connectivity index (χ0) is 19.9. The van der Waals surface area contributed by atoms with Crippen molar-refractivity contribution in [3.8, 4) is 17.9 Å². The van der Waals surface area contributed by atoms with Crippen molar-refractivity contribution in [3.63, 3.8) is 0 Å². The van der Waals surface area contributed by atoms with E-state index in [2.05, 4.69) is 23.2 Å². The van der Waals surface area contributed by atoms with E-state index >= 15 is 0 Å². The van der Waals surface area contributed by atoms with E-state index < -0.39 is 23.8 Å². The SMILES string of the molecule is CC(C)(C)OC(=O)NC(C#Cc1ccccc1)CC(=O)N1CCCC1C#N. The van der Waals surface area contributed by atoms with E-state index in [0.717, 1.165) is 12.0 Å². The topological polar surface area (TPSA) is 82.4 Å². The highest BCUT2D eigenvalue weighted by Gasteiger charge is 2.30. The van der Waals surface area contributed by atoms with Gasteiger partial charge in [0.1, 0.15) is 17.7 Å². The molecule has 1 aliphatic heterocycles. The van der Waals surface area contributed by atoms with Crippen LogP contribution in [0.25, 0.3) is 0 Å². The summed E-state index contributed by atoms with van der Waals surface area (Å²) in [5, 5.41) is 11.8. The third-order valence-electron chi connectivity index (χ3n) is 3.96. The first-order valence-corrected chi connectivity index (χ1v) is 9.03. The number of likely N-dealkylation sites (tertiary alicyclic amines) is 1. The van der Waals surface area contributed by atoms with Crippen molar-refractivity contribution in [2.24, 2.45) is 0 Å². The Labute approximate surface area is 160 Å². The molecule has 1 aliphatic rings. The number of nitrogens with zero attached hydrogens (tertiary/aromatic N) is 2. The Morgan fingerprint density at radius 1 is 1.33 bits per heavy atom. The fourth-order valence-electron chi connectivity index (χ4n) is 2.77. The molecule has 0 spiro atoms. The maximum absolute atomic E-state index is 12.6. The third-order valence-corrected chi connectivity index (χ3v) is 3.96. The zero-order valence-corrected chi connectivity index (χ0v) is 16.0. The Morgan fingerprint density at radius 3 is 2.67 bits per heavy atom. The second-order valence-electron chi connectivity index (χ2n) is 7.41. The summed E-state index contributed by atoms with van der Waals surface area (Å²) in [6.07, 6.45) is 0.865. The van der Waals surface area contributed by atoms with Crippen molar-refractivity contribution in [1.29, 1.82) is 5.26 Å². The lowest BCUT2D eigenvalue weighted by atomic mass is 10.1. The highest BCUT2D eigenvalue weighted by Crippen LogP contribution is 2.18. The average molecular weight is 367 g/mol. The molecule has 2 amide bonds. The second kappa shape index (κ2) is 9.09. The molecule has 1 heterocycles. The van der Waals surface area contributed by atoms with Crippen molar-refractivity contribution < 1.29 is 14.3 Å². The summed E-state index contributed by atoms with van der Waals surface area (Å²) in [6.45, 7) is 5.86. The Hall–Kier alpha value is -2.99. The minimum atomic E-state index is -0.701. The van der Waals surface area contributed by atoms with Crippen LogP contribution in [0.15, 0.2) is 30.3 Å². The monoisotopic (exact) mass is 367 g/mol. The number of hydrogen-bond donors (Lipinski definition) is 1. The number of carbonyl (C=O) groups excluding carboxylic acids is 2. The van der Waals surface area contributed by atoms with Gasteiger partial charge in [-0.2, -0.15) is 5.26 Å². The van der Waals surface area contributed by atoms with Gasteiger partial charge in [-0.05, 0) is 45.7 Å². The Kier molecular flexibility index (Phi) is 6.85. The highest BCUT2D eigenvalue weighted by molar-refractivity contribution is 5.79. The predicted molar refractivity (Wildman–Crippen MR) is 101 cm³/mol. The van der Waals surface area contributed by atoms with Crippen molar-refractivity contribution >= 4 is 12.0 Å². The summed E-state index contributed by atoms with van der Waals surface area (Å²) in [4.78, 5) is 26.3. The number of alkyl carbamates (subject to hydrolysis) is 1. The number of ether oxygens (including phenoxy) is 1. The third kappa shape index (κ3) is 6.67. The van der Waals surface area contributed by atoms with E-state index in [0.29, 0.717) is 13.0 Å². The van der Waals surface area contributed by atoms with Crippen LogP contribution in [0.4, 0.5) is 4.79 Å². The quantitative estimate of drug-likeness (QED) is 0.833. The van der Waals surface area contributed by atoms with E-state index in [-0.39, 0.29) is 12.3 Å². The lowest BCUT2D eigenvalue weighted by Gasteiger charge is -2.23. The molecule has 2 unspecified atom stereocenters.